The smallest absolute Gasteiger partial charge is 0.247 e. The van der Waals surface area contributed by atoms with Crippen LogP contribution in [-0.4, -0.2) is 95.5 Å². The number of anilines is 1. The van der Waals surface area contributed by atoms with Gasteiger partial charge in [0.25, 0.3) is 0 Å². The molecule has 252 valence electrons. The van der Waals surface area contributed by atoms with E-state index in [1.165, 1.54) is 19.3 Å². The monoisotopic (exact) mass is 652 g/mol. The number of nitrogens with one attached hydrogen (secondary N) is 1. The second-order valence-corrected chi connectivity index (χ2v) is 16.4. The number of nitrogens with zero attached hydrogens (tertiary/aromatic N) is 5. The number of hydrogen-bond acceptors (Lipinski definition) is 8. The number of piperidine rings is 1. The van der Waals surface area contributed by atoms with Crippen LogP contribution in [0.5, 0.6) is 0 Å². The molecule has 11 heteroatoms. The molecule has 2 aromatic rings. The fourth-order valence-electron chi connectivity index (χ4n) is 8.48. The number of carbonyl (C=O) groups is 3. The number of carbonyl (C=O) groups excluding carboxylic acids is 3. The molecule has 5 fully saturated rings. The highest BCUT2D eigenvalue weighted by Gasteiger charge is 2.61. The molecule has 5 aliphatic rings. The average Bonchev–Trinajstić information content (AvgIpc) is 3.38. The van der Waals surface area contributed by atoms with Crippen LogP contribution in [0.25, 0.3) is 10.2 Å². The number of amides is 3. The lowest BCUT2D eigenvalue weighted by molar-refractivity contribution is -0.153. The summed E-state index contributed by atoms with van der Waals surface area (Å²) in [5.74, 6) is 0.997. The summed E-state index contributed by atoms with van der Waals surface area (Å²) in [5.41, 5.74) is 2.32. The number of pyridine rings is 1. The number of aromatic nitrogens is 2. The van der Waals surface area contributed by atoms with Crippen LogP contribution in [0.4, 0.5) is 5.82 Å². The molecule has 2 aliphatic carbocycles. The molecule has 10 nitrogen and oxygen atoms in total. The van der Waals surface area contributed by atoms with E-state index in [4.69, 9.17) is 9.72 Å². The van der Waals surface area contributed by atoms with Gasteiger partial charge in [0.05, 0.1) is 22.2 Å². The zero-order chi connectivity index (χ0) is 32.1. The highest BCUT2D eigenvalue weighted by molar-refractivity contribution is 7.16. The Morgan fingerprint density at radius 1 is 1.02 bits per heavy atom. The number of hydrogen-bond donors (Lipinski definition) is 1. The fraction of sp³-hybridized carbons (Fsp3) is 0.743. The molecule has 5 heterocycles. The summed E-state index contributed by atoms with van der Waals surface area (Å²) in [5, 5.41) is 3.24. The molecule has 1 N–H and O–H groups in total. The maximum absolute atomic E-state index is 14.5. The lowest BCUT2D eigenvalue weighted by Crippen LogP contribution is -2.65. The zero-order valence-corrected chi connectivity index (χ0v) is 28.5. The molecule has 3 saturated heterocycles. The lowest BCUT2D eigenvalue weighted by Gasteiger charge is -2.50. The zero-order valence-electron chi connectivity index (χ0n) is 27.7. The maximum Gasteiger partial charge on any atom is 0.247 e. The molecule has 0 bridgehead atoms. The van der Waals surface area contributed by atoms with Crippen molar-refractivity contribution in [3.63, 3.8) is 0 Å². The number of ether oxygens (including phenoxy) is 1. The normalized spacial score (nSPS) is 27.0. The van der Waals surface area contributed by atoms with E-state index < -0.39 is 23.5 Å². The molecule has 7 rings (SSSR count). The Balaban J connectivity index is 0.00000386. The average molecular weight is 653 g/mol. The van der Waals surface area contributed by atoms with Gasteiger partial charge in [0, 0.05) is 64.8 Å². The van der Waals surface area contributed by atoms with Crippen molar-refractivity contribution in [2.45, 2.75) is 90.7 Å². The predicted molar refractivity (Wildman–Crippen MR) is 180 cm³/mol. The molecule has 0 unspecified atom stereocenters. The second kappa shape index (κ2) is 12.7. The maximum atomic E-state index is 14.5. The van der Waals surface area contributed by atoms with Gasteiger partial charge in [-0.15, -0.1) is 11.3 Å². The first-order valence-electron chi connectivity index (χ1n) is 17.6. The van der Waals surface area contributed by atoms with Gasteiger partial charge in [0.15, 0.2) is 5.82 Å². The van der Waals surface area contributed by atoms with Crippen LogP contribution < -0.4 is 10.2 Å². The van der Waals surface area contributed by atoms with Crippen LogP contribution in [0, 0.1) is 28.6 Å². The predicted octanol–water partition coefficient (Wildman–Crippen LogP) is 4.73. The van der Waals surface area contributed by atoms with Gasteiger partial charge in [0.2, 0.25) is 17.7 Å². The standard InChI is InChI=1S/C35H50N6O4S.H2/c1-23(45-18-24-10-6-4-7-11-24)28(33(44)39-14-8-5-9-15-39)38-31(42)26-17-40(30-29-27(12-13-36-30)46-22-37-29)19-35(26)20-41(21-35)32(43)25-16-34(25,2)3;/h12-13,22-26,28H,4-11,14-21H2,1-3H3,(H,38,42);1H/t23-,25-,26+,28+;/m1./s1. The topological polar surface area (TPSA) is 108 Å². The van der Waals surface area contributed by atoms with Crippen molar-refractivity contribution in [1.29, 1.82) is 0 Å². The first kappa shape index (κ1) is 31.8. The minimum Gasteiger partial charge on any atom is -0.376 e. The summed E-state index contributed by atoms with van der Waals surface area (Å²) >= 11 is 1.58. The Kier molecular flexibility index (Phi) is 8.76. The van der Waals surface area contributed by atoms with E-state index in [9.17, 15) is 14.4 Å². The quantitative estimate of drug-likeness (QED) is 0.417. The van der Waals surface area contributed by atoms with Gasteiger partial charge in [-0.25, -0.2) is 9.97 Å². The first-order chi connectivity index (χ1) is 22.1. The highest BCUT2D eigenvalue weighted by atomic mass is 32.1. The van der Waals surface area contributed by atoms with E-state index in [1.807, 2.05) is 28.3 Å². The summed E-state index contributed by atoms with van der Waals surface area (Å²) in [4.78, 5) is 57.2. The molecule has 46 heavy (non-hydrogen) atoms. The Hall–Kier alpha value is -2.79. The van der Waals surface area contributed by atoms with Crippen molar-refractivity contribution in [3.8, 4) is 0 Å². The molecule has 2 saturated carbocycles. The van der Waals surface area contributed by atoms with Gasteiger partial charge >= 0.3 is 0 Å². The minimum absolute atomic E-state index is 0. The Morgan fingerprint density at radius 2 is 1.74 bits per heavy atom. The molecule has 2 aromatic heterocycles. The minimum atomic E-state index is -0.745. The Labute approximate surface area is 278 Å². The Morgan fingerprint density at radius 3 is 2.46 bits per heavy atom. The fourth-order valence-corrected chi connectivity index (χ4v) is 9.15. The van der Waals surface area contributed by atoms with Gasteiger partial charge in [-0.3, -0.25) is 14.4 Å². The molecule has 0 radical (unpaired) electrons. The first-order valence-corrected chi connectivity index (χ1v) is 18.5. The van der Waals surface area contributed by atoms with E-state index in [2.05, 4.69) is 29.0 Å². The molecular weight excluding hydrogens is 600 g/mol. The largest absolute Gasteiger partial charge is 0.376 e. The van der Waals surface area contributed by atoms with Crippen LogP contribution in [0.2, 0.25) is 0 Å². The van der Waals surface area contributed by atoms with E-state index in [0.29, 0.717) is 38.7 Å². The van der Waals surface area contributed by atoms with E-state index in [0.717, 1.165) is 67.6 Å². The third-order valence-corrected chi connectivity index (χ3v) is 12.4. The SMILES string of the molecule is C[C@@H](OCC1CCCCC1)[C@H](NC(=O)[C@@H]1CN(c2nccc3scnc23)CC12CN(C(=O)[C@H]1CC1(C)C)C2)C(=O)N1CCCCC1.[HH]. The summed E-state index contributed by atoms with van der Waals surface area (Å²) in [6.07, 6.45) is 11.5. The van der Waals surface area contributed by atoms with Crippen molar-refractivity contribution in [2.75, 3.05) is 50.8 Å². The van der Waals surface area contributed by atoms with Crippen LogP contribution in [0.1, 0.15) is 80.0 Å². The third kappa shape index (κ3) is 6.14. The van der Waals surface area contributed by atoms with Gasteiger partial charge in [-0.2, -0.15) is 0 Å². The number of thiazole rings is 1. The van der Waals surface area contributed by atoms with Crippen LogP contribution >= 0.6 is 11.3 Å². The summed E-state index contributed by atoms with van der Waals surface area (Å²) in [6, 6.07) is 1.23. The van der Waals surface area contributed by atoms with E-state index >= 15 is 0 Å². The summed E-state index contributed by atoms with van der Waals surface area (Å²) in [6.45, 7) is 10.5. The number of likely N-dealkylation sites (tertiary alicyclic amines) is 2. The van der Waals surface area contributed by atoms with Crippen molar-refractivity contribution >= 4 is 45.1 Å². The van der Waals surface area contributed by atoms with E-state index in [1.54, 1.807) is 17.5 Å². The Bertz CT molecular complexity index is 1450. The molecule has 0 aromatic carbocycles. The molecular formula is C35H52N6O4S. The molecule has 1 spiro atoms. The summed E-state index contributed by atoms with van der Waals surface area (Å²) in [7, 11) is 0. The molecule has 3 amide bonds. The van der Waals surface area contributed by atoms with Crippen molar-refractivity contribution < 1.29 is 20.5 Å². The van der Waals surface area contributed by atoms with Crippen molar-refractivity contribution in [1.82, 2.24) is 25.1 Å². The molecule has 4 atom stereocenters. The number of fused-ring (bicyclic) bond motifs is 1. The van der Waals surface area contributed by atoms with Crippen LogP contribution in [0.15, 0.2) is 17.8 Å². The van der Waals surface area contributed by atoms with Crippen molar-refractivity contribution in [2.24, 2.45) is 28.6 Å². The third-order valence-electron chi connectivity index (χ3n) is 11.6. The van der Waals surface area contributed by atoms with Gasteiger partial charge < -0.3 is 24.8 Å². The molecule has 3 aliphatic heterocycles. The number of rotatable bonds is 9. The lowest BCUT2D eigenvalue weighted by atomic mass is 9.70. The second-order valence-electron chi connectivity index (χ2n) is 15.5. The van der Waals surface area contributed by atoms with Crippen LogP contribution in [-0.2, 0) is 19.1 Å². The van der Waals surface area contributed by atoms with Crippen molar-refractivity contribution in [3.05, 3.63) is 17.8 Å². The van der Waals surface area contributed by atoms with Gasteiger partial charge in [0.1, 0.15) is 11.6 Å². The van der Waals surface area contributed by atoms with Gasteiger partial charge in [-0.05, 0) is 62.8 Å². The van der Waals surface area contributed by atoms with E-state index in [-0.39, 0.29) is 30.5 Å². The van der Waals surface area contributed by atoms with Crippen LogP contribution in [0.3, 0.4) is 0 Å². The highest BCUT2D eigenvalue weighted by Crippen LogP contribution is 2.55. The van der Waals surface area contributed by atoms with Gasteiger partial charge in [-0.1, -0.05) is 33.1 Å². The summed E-state index contributed by atoms with van der Waals surface area (Å²) < 4.78 is 7.46.